The van der Waals surface area contributed by atoms with Gasteiger partial charge in [0.05, 0.1) is 6.54 Å². The van der Waals surface area contributed by atoms with Crippen LogP contribution in [0.25, 0.3) is 0 Å². The highest BCUT2D eigenvalue weighted by molar-refractivity contribution is 7.99. The Morgan fingerprint density at radius 3 is 2.81 bits per heavy atom. The van der Waals surface area contributed by atoms with Gasteiger partial charge in [0, 0.05) is 42.7 Å². The molecule has 0 saturated carbocycles. The molecule has 5 heteroatoms. The minimum atomic E-state index is -0.718. The SMILES string of the molecule is O=C(O)CN1CCCN(CC2CSc3ccccc32)CC1. The van der Waals surface area contributed by atoms with E-state index in [9.17, 15) is 4.79 Å². The molecule has 2 aliphatic heterocycles. The summed E-state index contributed by atoms with van der Waals surface area (Å²) < 4.78 is 0. The molecule has 1 aromatic carbocycles. The quantitative estimate of drug-likeness (QED) is 0.921. The Morgan fingerprint density at radius 1 is 1.19 bits per heavy atom. The lowest BCUT2D eigenvalue weighted by molar-refractivity contribution is -0.138. The van der Waals surface area contributed by atoms with Crippen molar-refractivity contribution in [3.05, 3.63) is 29.8 Å². The molecule has 1 saturated heterocycles. The fourth-order valence-electron chi connectivity index (χ4n) is 3.25. The first kappa shape index (κ1) is 14.9. The van der Waals surface area contributed by atoms with Crippen LogP contribution < -0.4 is 0 Å². The smallest absolute Gasteiger partial charge is 0.317 e. The molecule has 0 bridgehead atoms. The van der Waals surface area contributed by atoms with Gasteiger partial charge in [-0.15, -0.1) is 11.8 Å². The van der Waals surface area contributed by atoms with Crippen molar-refractivity contribution in [1.29, 1.82) is 0 Å². The Balaban J connectivity index is 1.56. The zero-order valence-corrected chi connectivity index (χ0v) is 13.0. The van der Waals surface area contributed by atoms with Gasteiger partial charge in [0.1, 0.15) is 0 Å². The minimum Gasteiger partial charge on any atom is -0.480 e. The standard InChI is InChI=1S/C16H22N2O2S/c19-16(20)11-18-7-3-6-17(8-9-18)10-13-12-21-15-5-2-1-4-14(13)15/h1-2,4-5,13H,3,6-12H2,(H,19,20). The van der Waals surface area contributed by atoms with E-state index in [2.05, 4.69) is 34.1 Å². The molecular weight excluding hydrogens is 284 g/mol. The summed E-state index contributed by atoms with van der Waals surface area (Å²) in [6, 6.07) is 8.73. The predicted molar refractivity (Wildman–Crippen MR) is 85.0 cm³/mol. The Hall–Kier alpha value is -1.04. The maximum Gasteiger partial charge on any atom is 0.317 e. The van der Waals surface area contributed by atoms with Gasteiger partial charge in [-0.2, -0.15) is 0 Å². The zero-order chi connectivity index (χ0) is 14.7. The maximum atomic E-state index is 10.8. The van der Waals surface area contributed by atoms with Crippen molar-refractivity contribution in [2.75, 3.05) is 45.0 Å². The lowest BCUT2D eigenvalue weighted by Crippen LogP contribution is -2.35. The van der Waals surface area contributed by atoms with Crippen LogP contribution in [-0.4, -0.2) is 65.9 Å². The number of carboxylic acids is 1. The van der Waals surface area contributed by atoms with Crippen molar-refractivity contribution < 1.29 is 9.90 Å². The maximum absolute atomic E-state index is 10.8. The molecule has 1 N–H and O–H groups in total. The van der Waals surface area contributed by atoms with Crippen molar-refractivity contribution in [2.45, 2.75) is 17.2 Å². The number of carbonyl (C=O) groups is 1. The van der Waals surface area contributed by atoms with E-state index in [1.165, 1.54) is 16.2 Å². The molecule has 0 aromatic heterocycles. The summed E-state index contributed by atoms with van der Waals surface area (Å²) in [6.45, 7) is 5.11. The minimum absolute atomic E-state index is 0.177. The normalized spacial score (nSPS) is 23.7. The lowest BCUT2D eigenvalue weighted by atomic mass is 10.0. The third-order valence-electron chi connectivity index (χ3n) is 4.32. The lowest BCUT2D eigenvalue weighted by Gasteiger charge is -2.24. The van der Waals surface area contributed by atoms with Crippen LogP contribution in [0.4, 0.5) is 0 Å². The van der Waals surface area contributed by atoms with E-state index in [-0.39, 0.29) is 6.54 Å². The van der Waals surface area contributed by atoms with Crippen LogP contribution in [0, 0.1) is 0 Å². The summed E-state index contributed by atoms with van der Waals surface area (Å²) in [6.07, 6.45) is 1.06. The molecule has 114 valence electrons. The van der Waals surface area contributed by atoms with Crippen molar-refractivity contribution in [3.63, 3.8) is 0 Å². The molecule has 0 radical (unpaired) electrons. The van der Waals surface area contributed by atoms with E-state index in [0.29, 0.717) is 5.92 Å². The number of carboxylic acid groups (broad SMARTS) is 1. The average Bonchev–Trinajstić information content (AvgIpc) is 2.74. The molecule has 0 aliphatic carbocycles. The number of aliphatic carboxylic acids is 1. The number of thioether (sulfide) groups is 1. The first-order valence-electron chi connectivity index (χ1n) is 7.60. The van der Waals surface area contributed by atoms with Crippen molar-refractivity contribution in [1.82, 2.24) is 9.80 Å². The largest absolute Gasteiger partial charge is 0.480 e. The highest BCUT2D eigenvalue weighted by Crippen LogP contribution is 2.39. The second kappa shape index (κ2) is 6.81. The first-order chi connectivity index (χ1) is 10.2. The number of rotatable bonds is 4. The summed E-state index contributed by atoms with van der Waals surface area (Å²) in [7, 11) is 0. The van der Waals surface area contributed by atoms with Gasteiger partial charge >= 0.3 is 5.97 Å². The summed E-state index contributed by atoms with van der Waals surface area (Å²) >= 11 is 1.96. The molecule has 0 amide bonds. The van der Waals surface area contributed by atoms with E-state index in [4.69, 9.17) is 5.11 Å². The molecule has 1 aromatic rings. The highest BCUT2D eigenvalue weighted by atomic mass is 32.2. The molecule has 3 rings (SSSR count). The molecule has 0 spiro atoms. The molecule has 2 heterocycles. The Labute approximate surface area is 130 Å². The molecular formula is C16H22N2O2S. The number of benzene rings is 1. The second-order valence-corrected chi connectivity index (χ2v) is 6.93. The third-order valence-corrected chi connectivity index (χ3v) is 5.57. The van der Waals surface area contributed by atoms with Crippen LogP contribution >= 0.6 is 11.8 Å². The van der Waals surface area contributed by atoms with E-state index in [0.717, 1.165) is 39.1 Å². The van der Waals surface area contributed by atoms with Gasteiger partial charge in [-0.05, 0) is 24.6 Å². The third kappa shape index (κ3) is 3.78. The summed E-state index contributed by atoms with van der Waals surface area (Å²) in [5.74, 6) is 1.08. The zero-order valence-electron chi connectivity index (χ0n) is 12.2. The van der Waals surface area contributed by atoms with Gasteiger partial charge < -0.3 is 10.0 Å². The topological polar surface area (TPSA) is 43.8 Å². The first-order valence-corrected chi connectivity index (χ1v) is 8.59. The summed E-state index contributed by atoms with van der Waals surface area (Å²) in [5, 5.41) is 8.90. The van der Waals surface area contributed by atoms with Gasteiger partial charge in [-0.25, -0.2) is 0 Å². The Kier molecular flexibility index (Phi) is 4.83. The molecule has 4 nitrogen and oxygen atoms in total. The van der Waals surface area contributed by atoms with E-state index >= 15 is 0 Å². The molecule has 21 heavy (non-hydrogen) atoms. The van der Waals surface area contributed by atoms with Gasteiger partial charge in [-0.3, -0.25) is 9.69 Å². The molecule has 1 unspecified atom stereocenters. The summed E-state index contributed by atoms with van der Waals surface area (Å²) in [5.41, 5.74) is 1.49. The fraction of sp³-hybridized carbons (Fsp3) is 0.562. The number of hydrogen-bond donors (Lipinski definition) is 1. The number of fused-ring (bicyclic) bond motifs is 1. The summed E-state index contributed by atoms with van der Waals surface area (Å²) in [4.78, 5) is 16.8. The average molecular weight is 306 g/mol. The Morgan fingerprint density at radius 2 is 1.95 bits per heavy atom. The van der Waals surface area contributed by atoms with E-state index in [1.54, 1.807) is 0 Å². The Bertz CT molecular complexity index is 509. The number of hydrogen-bond acceptors (Lipinski definition) is 4. The molecule has 2 aliphatic rings. The monoisotopic (exact) mass is 306 g/mol. The van der Waals surface area contributed by atoms with Crippen molar-refractivity contribution in [3.8, 4) is 0 Å². The van der Waals surface area contributed by atoms with Crippen LogP contribution in [0.5, 0.6) is 0 Å². The second-order valence-electron chi connectivity index (χ2n) is 5.87. The highest BCUT2D eigenvalue weighted by Gasteiger charge is 2.26. The van der Waals surface area contributed by atoms with Crippen LogP contribution in [0.2, 0.25) is 0 Å². The predicted octanol–water partition coefficient (Wildman–Crippen LogP) is 1.97. The van der Waals surface area contributed by atoms with Crippen LogP contribution in [-0.2, 0) is 4.79 Å². The van der Waals surface area contributed by atoms with Crippen LogP contribution in [0.15, 0.2) is 29.2 Å². The molecule has 1 fully saturated rings. The fourth-order valence-corrected chi connectivity index (χ4v) is 4.49. The van der Waals surface area contributed by atoms with Gasteiger partial charge in [0.25, 0.3) is 0 Å². The van der Waals surface area contributed by atoms with E-state index < -0.39 is 5.97 Å². The van der Waals surface area contributed by atoms with Crippen molar-refractivity contribution >= 4 is 17.7 Å². The number of nitrogens with zero attached hydrogens (tertiary/aromatic N) is 2. The van der Waals surface area contributed by atoms with E-state index in [1.807, 2.05) is 11.8 Å². The van der Waals surface area contributed by atoms with Gasteiger partial charge in [0.2, 0.25) is 0 Å². The van der Waals surface area contributed by atoms with Crippen LogP contribution in [0.3, 0.4) is 0 Å². The van der Waals surface area contributed by atoms with Crippen molar-refractivity contribution in [2.24, 2.45) is 0 Å². The van der Waals surface area contributed by atoms with Gasteiger partial charge in [-0.1, -0.05) is 18.2 Å². The van der Waals surface area contributed by atoms with Crippen LogP contribution in [0.1, 0.15) is 17.9 Å². The van der Waals surface area contributed by atoms with Gasteiger partial charge in [0.15, 0.2) is 0 Å². The molecule has 1 atom stereocenters.